The Morgan fingerprint density at radius 2 is 1.42 bits per heavy atom. The van der Waals surface area contributed by atoms with Crippen LogP contribution in [0, 0.1) is 0 Å². The molecule has 0 amide bonds. The second-order valence-corrected chi connectivity index (χ2v) is 10.9. The molecular formula is C22H34N2OSi. The molecule has 0 aromatic carbocycles. The molecule has 0 aliphatic carbocycles. The third-order valence-electron chi connectivity index (χ3n) is 5.12. The number of hydrogen-bond acceptors (Lipinski definition) is 3. The number of pyridine rings is 2. The first-order valence-corrected chi connectivity index (χ1v) is 12.7. The summed E-state index contributed by atoms with van der Waals surface area (Å²) in [6.07, 6.45) is 13.4. The highest BCUT2D eigenvalue weighted by Gasteiger charge is 2.32. The lowest BCUT2D eigenvalue weighted by Gasteiger charge is -2.26. The van der Waals surface area contributed by atoms with Gasteiger partial charge < -0.3 is 4.80 Å². The lowest BCUT2D eigenvalue weighted by molar-refractivity contribution is 0.526. The fraction of sp³-hybridized carbons (Fsp3) is 0.545. The summed E-state index contributed by atoms with van der Waals surface area (Å²) in [5.74, 6) is 0. The molecule has 0 spiro atoms. The Morgan fingerprint density at radius 1 is 0.769 bits per heavy atom. The van der Waals surface area contributed by atoms with E-state index in [9.17, 15) is 4.80 Å². The Bertz CT molecular complexity index is 604. The summed E-state index contributed by atoms with van der Waals surface area (Å²) in [6.45, 7) is 4.46. The first kappa shape index (κ1) is 20.8. The van der Waals surface area contributed by atoms with Crippen molar-refractivity contribution >= 4 is 13.5 Å². The van der Waals surface area contributed by atoms with Crippen molar-refractivity contribution in [2.45, 2.75) is 77.3 Å². The largest absolute Gasteiger partial charge is 0.427 e. The summed E-state index contributed by atoms with van der Waals surface area (Å²) >= 11 is 0. The zero-order chi connectivity index (χ0) is 18.7. The van der Waals surface area contributed by atoms with Crippen molar-refractivity contribution < 1.29 is 4.80 Å². The average molecular weight is 371 g/mol. The normalized spacial score (nSPS) is 11.7. The lowest BCUT2D eigenvalue weighted by atomic mass is 10.2. The zero-order valence-electron chi connectivity index (χ0n) is 16.5. The lowest BCUT2D eigenvalue weighted by Crippen LogP contribution is -2.48. The van der Waals surface area contributed by atoms with Gasteiger partial charge in [-0.3, -0.25) is 9.97 Å². The molecule has 0 radical (unpaired) electrons. The van der Waals surface area contributed by atoms with E-state index in [4.69, 9.17) is 0 Å². The van der Waals surface area contributed by atoms with Gasteiger partial charge in [0.1, 0.15) is 0 Å². The summed E-state index contributed by atoms with van der Waals surface area (Å²) < 4.78 is 0. The molecule has 26 heavy (non-hydrogen) atoms. The maximum Gasteiger partial charge on any atom is 0.221 e. The van der Waals surface area contributed by atoms with Crippen LogP contribution in [0.1, 0.15) is 65.2 Å². The second-order valence-electron chi connectivity index (χ2n) is 7.30. The van der Waals surface area contributed by atoms with Crippen LogP contribution < -0.4 is 5.19 Å². The molecule has 2 rings (SSSR count). The van der Waals surface area contributed by atoms with Crippen LogP contribution in [0.5, 0.6) is 0 Å². The van der Waals surface area contributed by atoms with Gasteiger partial charge in [0.2, 0.25) is 8.32 Å². The minimum atomic E-state index is -2.43. The predicted octanol–water partition coefficient (Wildman–Crippen LogP) is 5.45. The van der Waals surface area contributed by atoms with Crippen molar-refractivity contribution in [3.63, 3.8) is 0 Å². The van der Waals surface area contributed by atoms with Gasteiger partial charge in [0.15, 0.2) is 0 Å². The van der Waals surface area contributed by atoms with Gasteiger partial charge in [0.25, 0.3) is 0 Å². The van der Waals surface area contributed by atoms with Gasteiger partial charge in [0, 0.05) is 12.4 Å². The number of nitrogens with zero attached hydrogens (tertiary/aromatic N) is 2. The summed E-state index contributed by atoms with van der Waals surface area (Å²) in [6, 6.07) is 11.9. The Labute approximate surface area is 160 Å². The Morgan fingerprint density at radius 3 is 1.92 bits per heavy atom. The number of hydrogen-bond donors (Lipinski definition) is 1. The van der Waals surface area contributed by atoms with Crippen LogP contribution in [0.2, 0.25) is 12.1 Å². The van der Waals surface area contributed by atoms with E-state index in [1.54, 1.807) is 6.20 Å². The average Bonchev–Trinajstić information content (AvgIpc) is 2.69. The second kappa shape index (κ2) is 11.2. The van der Waals surface area contributed by atoms with Gasteiger partial charge in [-0.25, -0.2) is 0 Å². The standard InChI is InChI=1S/C22H34N2OSi/c1-3-5-7-11-17-26(25,18-12-8-6-4-2)20-14-15-22(24-19-20)21-13-9-10-16-23-21/h9-10,13-16,19,25H,3-8,11-12,17-18H2,1-2H3. The first-order chi connectivity index (χ1) is 12.7. The van der Waals surface area contributed by atoms with Crippen LogP contribution in [-0.2, 0) is 0 Å². The van der Waals surface area contributed by atoms with Crippen LogP contribution >= 0.6 is 0 Å². The van der Waals surface area contributed by atoms with Gasteiger partial charge in [-0.15, -0.1) is 0 Å². The van der Waals surface area contributed by atoms with Crippen LogP contribution in [0.15, 0.2) is 42.7 Å². The summed E-state index contributed by atoms with van der Waals surface area (Å²) in [5, 5.41) is 1.09. The van der Waals surface area contributed by atoms with E-state index in [1.165, 1.54) is 38.5 Å². The molecule has 0 fully saturated rings. The number of unbranched alkanes of at least 4 members (excludes halogenated alkanes) is 6. The highest BCUT2D eigenvalue weighted by molar-refractivity contribution is 6.85. The van der Waals surface area contributed by atoms with Crippen molar-refractivity contribution in [3.05, 3.63) is 42.7 Å². The number of rotatable bonds is 12. The van der Waals surface area contributed by atoms with E-state index in [-0.39, 0.29) is 0 Å². The molecule has 1 N–H and O–H groups in total. The molecule has 0 aliphatic rings. The van der Waals surface area contributed by atoms with Crippen LogP contribution in [0.3, 0.4) is 0 Å². The van der Waals surface area contributed by atoms with Crippen molar-refractivity contribution in [1.29, 1.82) is 0 Å². The van der Waals surface area contributed by atoms with E-state index in [2.05, 4.69) is 29.9 Å². The summed E-state index contributed by atoms with van der Waals surface area (Å²) in [4.78, 5) is 20.5. The van der Waals surface area contributed by atoms with Crippen molar-refractivity contribution in [2.24, 2.45) is 0 Å². The smallest absolute Gasteiger partial charge is 0.221 e. The fourth-order valence-electron chi connectivity index (χ4n) is 3.44. The van der Waals surface area contributed by atoms with Crippen LogP contribution in [0.25, 0.3) is 11.4 Å². The van der Waals surface area contributed by atoms with Gasteiger partial charge in [-0.2, -0.15) is 0 Å². The number of aromatic nitrogens is 2. The quantitative estimate of drug-likeness (QED) is 0.399. The molecule has 2 heterocycles. The SMILES string of the molecule is CCCCCC[Si](O)(CCCCCC)c1ccc(-c2ccccn2)nc1. The van der Waals surface area contributed by atoms with Gasteiger partial charge in [0.05, 0.1) is 11.4 Å². The molecular weight excluding hydrogens is 336 g/mol. The zero-order valence-corrected chi connectivity index (χ0v) is 17.5. The maximum atomic E-state index is 11.5. The third kappa shape index (κ3) is 6.33. The molecule has 0 saturated heterocycles. The third-order valence-corrected chi connectivity index (χ3v) is 8.85. The first-order valence-electron chi connectivity index (χ1n) is 10.3. The maximum absolute atomic E-state index is 11.5. The van der Waals surface area contributed by atoms with Gasteiger partial charge >= 0.3 is 0 Å². The topological polar surface area (TPSA) is 46.0 Å². The molecule has 2 aromatic rings. The van der Waals surface area contributed by atoms with Gasteiger partial charge in [-0.1, -0.05) is 77.3 Å². The van der Waals surface area contributed by atoms with E-state index in [0.717, 1.165) is 41.5 Å². The van der Waals surface area contributed by atoms with E-state index in [1.807, 2.05) is 30.5 Å². The molecule has 0 aliphatic heterocycles. The molecule has 3 nitrogen and oxygen atoms in total. The summed E-state index contributed by atoms with van der Waals surface area (Å²) in [7, 11) is -2.43. The molecule has 0 unspecified atom stereocenters. The van der Waals surface area contributed by atoms with Gasteiger partial charge in [-0.05, 0) is 35.5 Å². The molecule has 0 saturated carbocycles. The van der Waals surface area contributed by atoms with Crippen molar-refractivity contribution in [1.82, 2.24) is 9.97 Å². The molecule has 142 valence electrons. The Hall–Kier alpha value is -1.52. The monoisotopic (exact) mass is 370 g/mol. The van der Waals surface area contributed by atoms with E-state index < -0.39 is 8.32 Å². The molecule has 4 heteroatoms. The van der Waals surface area contributed by atoms with Crippen molar-refractivity contribution in [2.75, 3.05) is 0 Å². The molecule has 0 atom stereocenters. The predicted molar refractivity (Wildman–Crippen MR) is 113 cm³/mol. The Kier molecular flexibility index (Phi) is 8.99. The minimum Gasteiger partial charge on any atom is -0.427 e. The molecule has 2 aromatic heterocycles. The summed E-state index contributed by atoms with van der Waals surface area (Å²) in [5.41, 5.74) is 1.76. The van der Waals surface area contributed by atoms with E-state index >= 15 is 0 Å². The fourth-order valence-corrected chi connectivity index (χ4v) is 6.63. The van der Waals surface area contributed by atoms with Crippen molar-refractivity contribution in [3.8, 4) is 11.4 Å². The van der Waals surface area contributed by atoms with E-state index in [0.29, 0.717) is 0 Å². The molecule has 0 bridgehead atoms. The highest BCUT2D eigenvalue weighted by atomic mass is 28.4. The minimum absolute atomic E-state index is 0.877. The van der Waals surface area contributed by atoms with Crippen LogP contribution in [-0.4, -0.2) is 23.1 Å². The Balaban J connectivity index is 2.09. The highest BCUT2D eigenvalue weighted by Crippen LogP contribution is 2.22. The van der Waals surface area contributed by atoms with Crippen LogP contribution in [0.4, 0.5) is 0 Å².